The Labute approximate surface area is 129 Å². The Bertz CT molecular complexity index is 672. The van der Waals surface area contributed by atoms with Gasteiger partial charge in [-0.3, -0.25) is 4.79 Å². The molecule has 22 heavy (non-hydrogen) atoms. The molecule has 0 radical (unpaired) electrons. The zero-order valence-corrected chi connectivity index (χ0v) is 12.7. The maximum Gasteiger partial charge on any atom is 0.278 e. The first-order chi connectivity index (χ1) is 10.7. The van der Waals surface area contributed by atoms with Crippen molar-refractivity contribution < 1.29 is 9.53 Å². The number of anilines is 2. The van der Waals surface area contributed by atoms with Crippen LogP contribution in [-0.4, -0.2) is 42.8 Å². The number of methoxy groups -OCH3 is 1. The number of hydrogen-bond donors (Lipinski definition) is 0. The molecule has 2 heterocycles. The molecule has 0 fully saturated rings. The van der Waals surface area contributed by atoms with Crippen LogP contribution >= 0.6 is 0 Å². The number of hydrogen-bond acceptors (Lipinski definition) is 5. The second-order valence-corrected chi connectivity index (χ2v) is 4.99. The summed E-state index contributed by atoms with van der Waals surface area (Å²) in [4.78, 5) is 16.7. The van der Waals surface area contributed by atoms with Gasteiger partial charge in [0.05, 0.1) is 18.5 Å². The molecular weight excluding hydrogens is 280 g/mol. The van der Waals surface area contributed by atoms with Gasteiger partial charge in [0.1, 0.15) is 0 Å². The van der Waals surface area contributed by atoms with Crippen molar-refractivity contribution >= 4 is 17.3 Å². The van der Waals surface area contributed by atoms with Crippen LogP contribution < -0.4 is 14.5 Å². The molecule has 1 aromatic heterocycles. The van der Waals surface area contributed by atoms with Crippen LogP contribution in [0, 0.1) is 0 Å². The Hall–Kier alpha value is -2.63. The third kappa shape index (κ3) is 2.47. The number of ether oxygens (including phenoxy) is 1. The summed E-state index contributed by atoms with van der Waals surface area (Å²) < 4.78 is 4.97. The number of amides is 1. The first kappa shape index (κ1) is 14.3. The molecule has 1 amide bonds. The van der Waals surface area contributed by atoms with Crippen LogP contribution in [0.15, 0.2) is 36.4 Å². The lowest BCUT2D eigenvalue weighted by molar-refractivity contribution is 0.0980. The van der Waals surface area contributed by atoms with Crippen molar-refractivity contribution in [3.05, 3.63) is 42.1 Å². The van der Waals surface area contributed by atoms with Gasteiger partial charge in [0, 0.05) is 25.7 Å². The number of likely N-dealkylation sites (N-methyl/N-ethyl adjacent to an activating group) is 1. The molecule has 0 unspecified atom stereocenters. The standard InChI is InChI=1S/C16H18N4O2/c1-3-19-10-11-20(14-7-5-4-6-13(14)19)16(21)12-8-9-15(22-2)18-17-12/h4-9H,3,10-11H2,1-2H3. The molecule has 1 aliphatic rings. The lowest BCUT2D eigenvalue weighted by Crippen LogP contribution is -2.44. The summed E-state index contributed by atoms with van der Waals surface area (Å²) in [6.45, 7) is 4.48. The van der Waals surface area contributed by atoms with E-state index in [0.29, 0.717) is 18.1 Å². The number of para-hydroxylation sites is 2. The highest BCUT2D eigenvalue weighted by Crippen LogP contribution is 2.33. The van der Waals surface area contributed by atoms with Gasteiger partial charge in [-0.1, -0.05) is 12.1 Å². The van der Waals surface area contributed by atoms with E-state index >= 15 is 0 Å². The molecular formula is C16H18N4O2. The smallest absolute Gasteiger partial charge is 0.278 e. The monoisotopic (exact) mass is 298 g/mol. The molecule has 0 N–H and O–H groups in total. The highest BCUT2D eigenvalue weighted by molar-refractivity contribution is 6.07. The zero-order chi connectivity index (χ0) is 15.5. The summed E-state index contributed by atoms with van der Waals surface area (Å²) in [5.74, 6) is 0.256. The first-order valence-corrected chi connectivity index (χ1v) is 7.28. The maximum atomic E-state index is 12.7. The normalized spacial score (nSPS) is 13.7. The minimum atomic E-state index is -0.140. The topological polar surface area (TPSA) is 58.6 Å². The molecule has 1 aliphatic heterocycles. The molecule has 0 spiro atoms. The minimum absolute atomic E-state index is 0.140. The highest BCUT2D eigenvalue weighted by atomic mass is 16.5. The minimum Gasteiger partial charge on any atom is -0.480 e. The van der Waals surface area contributed by atoms with Gasteiger partial charge in [-0.2, -0.15) is 0 Å². The van der Waals surface area contributed by atoms with Crippen molar-refractivity contribution in [2.24, 2.45) is 0 Å². The quantitative estimate of drug-likeness (QED) is 0.867. The molecule has 0 saturated carbocycles. The molecule has 1 aromatic carbocycles. The van der Waals surface area contributed by atoms with E-state index in [0.717, 1.165) is 24.5 Å². The summed E-state index contributed by atoms with van der Waals surface area (Å²) in [5, 5.41) is 7.83. The Morgan fingerprint density at radius 1 is 1.14 bits per heavy atom. The fourth-order valence-corrected chi connectivity index (χ4v) is 2.64. The van der Waals surface area contributed by atoms with Crippen LogP contribution in [0.1, 0.15) is 17.4 Å². The highest BCUT2D eigenvalue weighted by Gasteiger charge is 2.27. The van der Waals surface area contributed by atoms with E-state index in [2.05, 4.69) is 22.0 Å². The lowest BCUT2D eigenvalue weighted by Gasteiger charge is -2.37. The number of carbonyl (C=O) groups excluding carboxylic acids is 1. The largest absolute Gasteiger partial charge is 0.480 e. The van der Waals surface area contributed by atoms with E-state index in [4.69, 9.17) is 4.74 Å². The second-order valence-electron chi connectivity index (χ2n) is 4.99. The van der Waals surface area contributed by atoms with Gasteiger partial charge in [-0.25, -0.2) is 0 Å². The van der Waals surface area contributed by atoms with Crippen LogP contribution in [0.25, 0.3) is 0 Å². The molecule has 6 nitrogen and oxygen atoms in total. The molecule has 0 aliphatic carbocycles. The number of fused-ring (bicyclic) bond motifs is 1. The van der Waals surface area contributed by atoms with Crippen molar-refractivity contribution in [2.75, 3.05) is 36.5 Å². The summed E-state index contributed by atoms with van der Waals surface area (Å²) in [5.41, 5.74) is 2.31. The summed E-state index contributed by atoms with van der Waals surface area (Å²) in [6, 6.07) is 11.2. The Morgan fingerprint density at radius 3 is 2.55 bits per heavy atom. The molecule has 0 saturated heterocycles. The SMILES string of the molecule is CCN1CCN(C(=O)c2ccc(OC)nn2)c2ccccc21. The van der Waals surface area contributed by atoms with E-state index in [1.807, 2.05) is 24.3 Å². The van der Waals surface area contributed by atoms with Crippen LogP contribution in [0.5, 0.6) is 5.88 Å². The maximum absolute atomic E-state index is 12.7. The fraction of sp³-hybridized carbons (Fsp3) is 0.312. The van der Waals surface area contributed by atoms with Crippen LogP contribution in [-0.2, 0) is 0 Å². The van der Waals surface area contributed by atoms with Crippen molar-refractivity contribution in [1.29, 1.82) is 0 Å². The van der Waals surface area contributed by atoms with Crippen molar-refractivity contribution in [3.63, 3.8) is 0 Å². The number of aromatic nitrogens is 2. The van der Waals surface area contributed by atoms with E-state index in [1.165, 1.54) is 7.11 Å². The van der Waals surface area contributed by atoms with Crippen molar-refractivity contribution in [3.8, 4) is 5.88 Å². The Morgan fingerprint density at radius 2 is 1.91 bits per heavy atom. The predicted molar refractivity (Wildman–Crippen MR) is 84.6 cm³/mol. The third-order valence-electron chi connectivity index (χ3n) is 3.80. The van der Waals surface area contributed by atoms with Gasteiger partial charge < -0.3 is 14.5 Å². The lowest BCUT2D eigenvalue weighted by atomic mass is 10.1. The summed E-state index contributed by atoms with van der Waals surface area (Å²) >= 11 is 0. The van der Waals surface area contributed by atoms with Crippen LogP contribution in [0.2, 0.25) is 0 Å². The zero-order valence-electron chi connectivity index (χ0n) is 12.7. The molecule has 6 heteroatoms. The predicted octanol–water partition coefficient (Wildman–Crippen LogP) is 1.97. The molecule has 114 valence electrons. The molecule has 2 aromatic rings. The van der Waals surface area contributed by atoms with Gasteiger partial charge >= 0.3 is 0 Å². The molecule has 0 bridgehead atoms. The van der Waals surface area contributed by atoms with E-state index in [-0.39, 0.29) is 5.91 Å². The average molecular weight is 298 g/mol. The number of rotatable bonds is 3. The average Bonchev–Trinajstić information content (AvgIpc) is 2.60. The van der Waals surface area contributed by atoms with E-state index < -0.39 is 0 Å². The van der Waals surface area contributed by atoms with Crippen LogP contribution in [0.4, 0.5) is 11.4 Å². The third-order valence-corrected chi connectivity index (χ3v) is 3.80. The fourth-order valence-electron chi connectivity index (χ4n) is 2.64. The molecule has 3 rings (SSSR count). The summed E-state index contributed by atoms with van der Waals surface area (Å²) in [6.07, 6.45) is 0. The van der Waals surface area contributed by atoms with Gasteiger partial charge in [-0.15, -0.1) is 10.2 Å². The van der Waals surface area contributed by atoms with E-state index in [9.17, 15) is 4.79 Å². The van der Waals surface area contributed by atoms with Crippen molar-refractivity contribution in [2.45, 2.75) is 6.92 Å². The number of nitrogens with zero attached hydrogens (tertiary/aromatic N) is 4. The van der Waals surface area contributed by atoms with Gasteiger partial charge in [0.25, 0.3) is 5.91 Å². The summed E-state index contributed by atoms with van der Waals surface area (Å²) in [7, 11) is 1.52. The van der Waals surface area contributed by atoms with Gasteiger partial charge in [0.15, 0.2) is 5.69 Å². The van der Waals surface area contributed by atoms with E-state index in [1.54, 1.807) is 17.0 Å². The Kier molecular flexibility index (Phi) is 3.91. The van der Waals surface area contributed by atoms with Gasteiger partial charge in [-0.05, 0) is 25.1 Å². The Balaban J connectivity index is 1.92. The first-order valence-electron chi connectivity index (χ1n) is 7.28. The number of benzene rings is 1. The van der Waals surface area contributed by atoms with Crippen LogP contribution in [0.3, 0.4) is 0 Å². The number of carbonyl (C=O) groups is 1. The molecule has 0 atom stereocenters. The van der Waals surface area contributed by atoms with Crippen molar-refractivity contribution in [1.82, 2.24) is 10.2 Å². The second kappa shape index (κ2) is 6.01. The van der Waals surface area contributed by atoms with Gasteiger partial charge in [0.2, 0.25) is 5.88 Å².